The number of amides is 2. The number of hydrogen-bond donors (Lipinski definition) is 1. The molecule has 5 rings (SSSR count). The lowest BCUT2D eigenvalue weighted by molar-refractivity contribution is -0.121. The molecular formula is C31H28N6O2. The molecule has 0 bridgehead atoms. The Hall–Kier alpha value is -5.11. The summed E-state index contributed by atoms with van der Waals surface area (Å²) in [6.45, 7) is 4.16. The number of tetrazole rings is 1. The Bertz CT molecular complexity index is 1530. The smallest absolute Gasteiger partial charge is 0.255 e. The molecule has 1 unspecified atom stereocenters. The number of nitrogens with zero attached hydrogens (tertiary/aromatic N) is 5. The Morgan fingerprint density at radius 1 is 0.821 bits per heavy atom. The first-order chi connectivity index (χ1) is 19.0. The van der Waals surface area contributed by atoms with Gasteiger partial charge in [-0.2, -0.15) is 0 Å². The number of carbonyl (C=O) groups is 2. The molecule has 8 heteroatoms. The molecule has 194 valence electrons. The Labute approximate surface area is 226 Å². The highest BCUT2D eigenvalue weighted by atomic mass is 16.2. The van der Waals surface area contributed by atoms with E-state index in [1.165, 1.54) is 11.0 Å². The van der Waals surface area contributed by atoms with Gasteiger partial charge in [0.15, 0.2) is 0 Å². The van der Waals surface area contributed by atoms with Crippen molar-refractivity contribution >= 4 is 17.5 Å². The van der Waals surface area contributed by atoms with Crippen LogP contribution in [-0.2, 0) is 11.3 Å². The Morgan fingerprint density at radius 3 is 2.08 bits per heavy atom. The van der Waals surface area contributed by atoms with Crippen LogP contribution in [0.4, 0.5) is 5.69 Å². The minimum absolute atomic E-state index is 0.244. The number of nitrogens with one attached hydrogen (secondary N) is 1. The lowest BCUT2D eigenvalue weighted by Crippen LogP contribution is -2.41. The van der Waals surface area contributed by atoms with Gasteiger partial charge in [0.05, 0.1) is 5.69 Å². The zero-order valence-electron chi connectivity index (χ0n) is 21.7. The topological polar surface area (TPSA) is 93.0 Å². The van der Waals surface area contributed by atoms with Crippen LogP contribution >= 0.6 is 0 Å². The first-order valence-corrected chi connectivity index (χ1v) is 12.6. The Balaban J connectivity index is 1.56. The van der Waals surface area contributed by atoms with Crippen molar-refractivity contribution < 1.29 is 9.59 Å². The molecule has 0 saturated carbocycles. The molecule has 2 amide bonds. The largest absolute Gasteiger partial charge is 0.323 e. The van der Waals surface area contributed by atoms with E-state index in [9.17, 15) is 9.59 Å². The standard InChI is InChI=1S/C31H28N6O2/c1-22-10-9-11-23(2)28(22)33-30(38)29(25-14-7-4-8-15-25)36(20-24-12-5-3-6-13-24)31(39)26-16-18-27(19-17-26)37-21-32-34-35-37/h3-19,21,29H,20H2,1-2H3,(H,33,38). The highest BCUT2D eigenvalue weighted by Crippen LogP contribution is 2.29. The molecule has 4 aromatic carbocycles. The molecule has 1 heterocycles. The summed E-state index contributed by atoms with van der Waals surface area (Å²) in [5, 5.41) is 14.4. The van der Waals surface area contributed by atoms with Crippen molar-refractivity contribution in [3.05, 3.63) is 137 Å². The van der Waals surface area contributed by atoms with Gasteiger partial charge < -0.3 is 10.2 Å². The van der Waals surface area contributed by atoms with E-state index < -0.39 is 6.04 Å². The monoisotopic (exact) mass is 516 g/mol. The van der Waals surface area contributed by atoms with Gasteiger partial charge in [0.1, 0.15) is 12.4 Å². The molecule has 0 fully saturated rings. The van der Waals surface area contributed by atoms with Gasteiger partial charge in [0.2, 0.25) is 0 Å². The van der Waals surface area contributed by atoms with E-state index in [1.807, 2.05) is 92.7 Å². The maximum atomic E-state index is 14.2. The molecule has 5 aromatic rings. The first kappa shape index (κ1) is 25.5. The molecule has 39 heavy (non-hydrogen) atoms. The van der Waals surface area contributed by atoms with Crippen LogP contribution in [0.2, 0.25) is 0 Å². The van der Waals surface area contributed by atoms with E-state index in [1.54, 1.807) is 29.2 Å². The summed E-state index contributed by atoms with van der Waals surface area (Å²) in [5.74, 6) is -0.555. The summed E-state index contributed by atoms with van der Waals surface area (Å²) in [6.07, 6.45) is 1.49. The van der Waals surface area contributed by atoms with Crippen molar-refractivity contribution in [1.82, 2.24) is 25.1 Å². The molecule has 0 spiro atoms. The summed E-state index contributed by atoms with van der Waals surface area (Å²) in [5.41, 5.74) is 5.46. The SMILES string of the molecule is Cc1cccc(C)c1NC(=O)C(c1ccccc1)N(Cc1ccccc1)C(=O)c1ccc(-n2cnnn2)cc1. The summed E-state index contributed by atoms with van der Waals surface area (Å²) in [7, 11) is 0. The van der Waals surface area contributed by atoms with Gasteiger partial charge in [-0.15, -0.1) is 5.10 Å². The first-order valence-electron chi connectivity index (χ1n) is 12.6. The zero-order chi connectivity index (χ0) is 27.2. The van der Waals surface area contributed by atoms with Crippen LogP contribution in [0, 0.1) is 13.8 Å². The van der Waals surface area contributed by atoms with Crippen molar-refractivity contribution in [2.75, 3.05) is 5.32 Å². The number of anilines is 1. The number of hydrogen-bond acceptors (Lipinski definition) is 5. The van der Waals surface area contributed by atoms with Gasteiger partial charge >= 0.3 is 0 Å². The third-order valence-corrected chi connectivity index (χ3v) is 6.59. The molecule has 1 N–H and O–H groups in total. The molecule has 8 nitrogen and oxygen atoms in total. The van der Waals surface area contributed by atoms with Crippen molar-refractivity contribution in [3.8, 4) is 5.69 Å². The quantitative estimate of drug-likeness (QED) is 0.302. The van der Waals surface area contributed by atoms with E-state index in [4.69, 9.17) is 0 Å². The second kappa shape index (κ2) is 11.5. The normalized spacial score (nSPS) is 11.5. The number of rotatable bonds is 8. The lowest BCUT2D eigenvalue weighted by Gasteiger charge is -2.32. The van der Waals surface area contributed by atoms with Gasteiger partial charge in [0, 0.05) is 17.8 Å². The predicted molar refractivity (Wildman–Crippen MR) is 149 cm³/mol. The van der Waals surface area contributed by atoms with Gasteiger partial charge in [-0.25, -0.2) is 4.68 Å². The highest BCUT2D eigenvalue weighted by Gasteiger charge is 2.32. The van der Waals surface area contributed by atoms with Crippen molar-refractivity contribution in [2.24, 2.45) is 0 Å². The van der Waals surface area contributed by atoms with Crippen LogP contribution in [-0.4, -0.2) is 36.9 Å². The summed E-state index contributed by atoms with van der Waals surface area (Å²) in [6, 6.07) is 31.1. The van der Waals surface area contributed by atoms with E-state index in [-0.39, 0.29) is 18.4 Å². The van der Waals surface area contributed by atoms with Crippen molar-refractivity contribution in [3.63, 3.8) is 0 Å². The van der Waals surface area contributed by atoms with E-state index in [2.05, 4.69) is 20.8 Å². The minimum atomic E-state index is -0.878. The molecule has 0 aliphatic rings. The summed E-state index contributed by atoms with van der Waals surface area (Å²) in [4.78, 5) is 29.8. The molecule has 0 aliphatic carbocycles. The van der Waals surface area contributed by atoms with Crippen molar-refractivity contribution in [2.45, 2.75) is 26.4 Å². The number of aromatic nitrogens is 4. The fraction of sp³-hybridized carbons (Fsp3) is 0.129. The van der Waals surface area contributed by atoms with Crippen LogP contribution in [0.5, 0.6) is 0 Å². The van der Waals surface area contributed by atoms with E-state index in [0.29, 0.717) is 5.56 Å². The van der Waals surface area contributed by atoms with Gasteiger partial charge in [-0.05, 0) is 70.8 Å². The van der Waals surface area contributed by atoms with Gasteiger partial charge in [-0.1, -0.05) is 78.9 Å². The summed E-state index contributed by atoms with van der Waals surface area (Å²) < 4.78 is 1.51. The number of aryl methyl sites for hydroxylation is 2. The number of para-hydroxylation sites is 1. The maximum Gasteiger partial charge on any atom is 0.255 e. The average molecular weight is 517 g/mol. The fourth-order valence-electron chi connectivity index (χ4n) is 4.57. The van der Waals surface area contributed by atoms with Crippen LogP contribution in [0.25, 0.3) is 5.69 Å². The highest BCUT2D eigenvalue weighted by molar-refractivity contribution is 6.02. The molecule has 0 saturated heterocycles. The van der Waals surface area contributed by atoms with Crippen LogP contribution in [0.3, 0.4) is 0 Å². The zero-order valence-corrected chi connectivity index (χ0v) is 21.7. The van der Waals surface area contributed by atoms with E-state index in [0.717, 1.165) is 33.6 Å². The molecule has 1 atom stereocenters. The third-order valence-electron chi connectivity index (χ3n) is 6.59. The fourth-order valence-corrected chi connectivity index (χ4v) is 4.57. The van der Waals surface area contributed by atoms with Crippen molar-refractivity contribution in [1.29, 1.82) is 0 Å². The van der Waals surface area contributed by atoms with Gasteiger partial charge in [0.25, 0.3) is 11.8 Å². The third kappa shape index (κ3) is 5.75. The maximum absolute atomic E-state index is 14.2. The van der Waals surface area contributed by atoms with Crippen LogP contribution in [0.1, 0.15) is 38.7 Å². The molecule has 0 radical (unpaired) electrons. The van der Waals surface area contributed by atoms with Gasteiger partial charge in [-0.3, -0.25) is 9.59 Å². The minimum Gasteiger partial charge on any atom is -0.323 e. The number of benzene rings is 4. The number of carbonyl (C=O) groups excluding carboxylic acids is 2. The average Bonchev–Trinajstić information content (AvgIpc) is 3.51. The predicted octanol–water partition coefficient (Wildman–Crippen LogP) is 5.30. The van der Waals surface area contributed by atoms with E-state index >= 15 is 0 Å². The Morgan fingerprint density at radius 2 is 1.46 bits per heavy atom. The van der Waals surface area contributed by atoms with Crippen LogP contribution in [0.15, 0.2) is 109 Å². The van der Waals surface area contributed by atoms with Crippen LogP contribution < -0.4 is 5.32 Å². The second-order valence-electron chi connectivity index (χ2n) is 9.29. The lowest BCUT2D eigenvalue weighted by atomic mass is 10.0. The summed E-state index contributed by atoms with van der Waals surface area (Å²) >= 11 is 0. The molecule has 1 aromatic heterocycles. The second-order valence-corrected chi connectivity index (χ2v) is 9.29. The molecule has 0 aliphatic heterocycles. The molecular weight excluding hydrogens is 488 g/mol. The Kier molecular flexibility index (Phi) is 7.54.